The summed E-state index contributed by atoms with van der Waals surface area (Å²) in [5.74, 6) is 4.84. The maximum Gasteiger partial charge on any atom is 0.313 e. The van der Waals surface area contributed by atoms with Gasteiger partial charge in [0.25, 0.3) is 0 Å². The summed E-state index contributed by atoms with van der Waals surface area (Å²) < 4.78 is 5.93. The van der Waals surface area contributed by atoms with Gasteiger partial charge >= 0.3 is 5.97 Å². The van der Waals surface area contributed by atoms with Gasteiger partial charge in [-0.25, -0.2) is 0 Å². The summed E-state index contributed by atoms with van der Waals surface area (Å²) >= 11 is 0. The van der Waals surface area contributed by atoms with E-state index in [2.05, 4.69) is 47.1 Å². The summed E-state index contributed by atoms with van der Waals surface area (Å²) in [6, 6.07) is 1.95. The van der Waals surface area contributed by atoms with Crippen molar-refractivity contribution in [3.05, 3.63) is 46.9 Å². The topological polar surface area (TPSA) is 254 Å². The largest absolute Gasteiger partial charge is 0.465 e. The van der Waals surface area contributed by atoms with Crippen molar-refractivity contribution in [3.63, 3.8) is 0 Å². The standard InChI is InChI=1S/C58H83N5O9/c1-31-12-13-34-14-15-39-32(2)23-47(67)55(4,70)52-36(9-7-8-35(24-41(39)40(34)22-31)42-30-72-53(69)48(42)37-17-20-61-29-37)26-58(71)49-43(16-18-56(52,58)19-21-62-54(59)60)57(38-10-5-6-11-38)27-46(66)45(65)25-44(57)51(68)50(49)63-28-33(3)64/h14,17,20,29,31-32,35-36,38-48,52,61,63,65-67,70-71H,5-6,9-13,15-16,18-19,21-28,30H2,1-4H3,(H4,59,60,62)/t31-,32+,35-,36-,39-,40+,41+,42-,43-,44-,45+,46-,47+,48-,52+,55-,56-,57-,58+/m0/s1. The van der Waals surface area contributed by atoms with Crippen LogP contribution in [-0.2, 0) is 19.1 Å². The van der Waals surface area contributed by atoms with E-state index in [4.69, 9.17) is 16.2 Å². The van der Waals surface area contributed by atoms with E-state index in [1.165, 1.54) is 12.5 Å². The number of aromatic nitrogens is 1. The average molecular weight is 994 g/mol. The number of Topliss-reactive ketones (excluding diaryl/α,β-unsaturated/α-hetero) is 2. The number of hydrogen-bond acceptors (Lipinski definition) is 11. The van der Waals surface area contributed by atoms with Gasteiger partial charge in [0.15, 0.2) is 11.7 Å². The predicted molar refractivity (Wildman–Crippen MR) is 272 cm³/mol. The van der Waals surface area contributed by atoms with Gasteiger partial charge in [-0.15, -0.1) is 5.92 Å². The molecule has 2 heterocycles. The average Bonchev–Trinajstić information content (AvgIpc) is 4.16. The first-order valence-electron chi connectivity index (χ1n) is 27.8. The number of nitrogens with zero attached hydrogens (tertiary/aromatic N) is 1. The van der Waals surface area contributed by atoms with Crippen LogP contribution in [0.1, 0.15) is 148 Å². The first kappa shape index (κ1) is 51.5. The van der Waals surface area contributed by atoms with E-state index < -0.39 is 69.9 Å². The Balaban J connectivity index is 1.15. The minimum absolute atomic E-state index is 0.0211. The summed E-state index contributed by atoms with van der Waals surface area (Å²) in [7, 11) is 0. The zero-order valence-electron chi connectivity index (χ0n) is 43.2. The lowest BCUT2D eigenvalue weighted by atomic mass is 9.41. The summed E-state index contributed by atoms with van der Waals surface area (Å²) in [5.41, 5.74) is 9.65. The quantitative estimate of drug-likeness (QED) is 0.0484. The number of carbonyl (C=O) groups excluding carboxylic acids is 3. The number of cyclic esters (lactones) is 1. The molecule has 8 aliphatic carbocycles. The van der Waals surface area contributed by atoms with E-state index in [1.54, 1.807) is 6.92 Å². The van der Waals surface area contributed by atoms with E-state index >= 15 is 4.79 Å². The molecule has 0 unspecified atom stereocenters. The molecule has 19 atom stereocenters. The predicted octanol–water partition coefficient (Wildman–Crippen LogP) is 5.57. The molecule has 0 radical (unpaired) electrons. The molecule has 1 aromatic rings. The van der Waals surface area contributed by atoms with Crippen molar-refractivity contribution in [2.45, 2.75) is 172 Å². The minimum atomic E-state index is -1.79. The minimum Gasteiger partial charge on any atom is -0.465 e. The van der Waals surface area contributed by atoms with E-state index in [0.29, 0.717) is 36.7 Å². The van der Waals surface area contributed by atoms with Crippen LogP contribution in [0.5, 0.6) is 0 Å². The number of aliphatic imine (C=N–C) groups is 1. The Kier molecular flexibility index (Phi) is 14.0. The molecule has 10 rings (SSSR count). The second kappa shape index (κ2) is 19.6. The molecule has 0 spiro atoms. The number of rotatable bonds is 9. The third-order valence-electron chi connectivity index (χ3n) is 21.4. The van der Waals surface area contributed by atoms with Crippen molar-refractivity contribution < 1.29 is 44.7 Å². The lowest BCUT2D eigenvalue weighted by Crippen LogP contribution is -2.67. The van der Waals surface area contributed by atoms with Crippen molar-refractivity contribution in [1.29, 1.82) is 0 Å². The van der Waals surface area contributed by atoms with Gasteiger partial charge in [0.2, 0.25) is 0 Å². The number of aliphatic hydroxyl groups is 5. The molecular weight excluding hydrogens is 911 g/mol. The summed E-state index contributed by atoms with van der Waals surface area (Å²) in [6.45, 7) is 7.99. The molecule has 1 saturated heterocycles. The highest BCUT2D eigenvalue weighted by molar-refractivity contribution is 6.00. The third kappa shape index (κ3) is 8.42. The highest BCUT2D eigenvalue weighted by Gasteiger charge is 2.75. The summed E-state index contributed by atoms with van der Waals surface area (Å²) in [6.07, 6.45) is 13.5. The second-order valence-corrected chi connectivity index (χ2v) is 25.1. The SMILES string of the molecule is CC(=O)CNC1=C2[C@H](CC[C@]3(CCN=C(N)N)[C@@H]4[C@@H](CC#C[C@H]([C@@H]5COC(=O)[C@H]5c5cc[nH]c5)C[C@@H]5[C@@H](CC=C6CC[C@H](C)C[C@H]65)[C@H](C)C[C@@H](O)[C@]4(C)O)C[C@@]23O)[C@@]2(C3CCCC3)C[C@H](O)[C@H](O)C[C@H]2C1=O. The number of nitrogens with one attached hydrogen (secondary N) is 2. The van der Waals surface area contributed by atoms with Gasteiger partial charge in [0.05, 0.1) is 54.3 Å². The van der Waals surface area contributed by atoms with Crippen LogP contribution in [0.25, 0.3) is 0 Å². The molecule has 14 nitrogen and oxygen atoms in total. The summed E-state index contributed by atoms with van der Waals surface area (Å²) in [5, 5.41) is 67.4. The normalized spacial score (nSPS) is 45.2. The molecule has 72 heavy (non-hydrogen) atoms. The van der Waals surface area contributed by atoms with Crippen LogP contribution in [0, 0.1) is 93.7 Å². The Labute approximate surface area is 426 Å². The van der Waals surface area contributed by atoms with Gasteiger partial charge in [0, 0.05) is 54.4 Å². The number of esters is 1. The maximum absolute atomic E-state index is 15.6. The van der Waals surface area contributed by atoms with Crippen molar-refractivity contribution in [3.8, 4) is 11.8 Å². The number of hydrogen-bond donors (Lipinski definition) is 9. The van der Waals surface area contributed by atoms with Crippen LogP contribution in [0.3, 0.4) is 0 Å². The van der Waals surface area contributed by atoms with Gasteiger partial charge in [-0.1, -0.05) is 44.3 Å². The first-order valence-corrected chi connectivity index (χ1v) is 27.8. The number of guanidine groups is 1. The second-order valence-electron chi connectivity index (χ2n) is 25.1. The monoisotopic (exact) mass is 994 g/mol. The summed E-state index contributed by atoms with van der Waals surface area (Å²) in [4.78, 5) is 49.9. The van der Waals surface area contributed by atoms with Crippen LogP contribution in [0.15, 0.2) is 46.4 Å². The molecule has 0 bridgehead atoms. The molecule has 9 aliphatic rings. The lowest BCUT2D eigenvalue weighted by Gasteiger charge is -2.64. The number of nitrogens with two attached hydrogens (primary N) is 2. The fourth-order valence-electron chi connectivity index (χ4n) is 18.4. The van der Waals surface area contributed by atoms with Crippen LogP contribution in [-0.4, -0.2) is 103 Å². The Morgan fingerprint density at radius 1 is 0.972 bits per heavy atom. The molecule has 394 valence electrons. The maximum atomic E-state index is 15.6. The van der Waals surface area contributed by atoms with Crippen LogP contribution < -0.4 is 16.8 Å². The Hall–Kier alpha value is -4.00. The van der Waals surface area contributed by atoms with Crippen LogP contribution in [0.2, 0.25) is 0 Å². The van der Waals surface area contributed by atoms with Gasteiger partial charge < -0.3 is 52.0 Å². The number of allylic oxidation sites excluding steroid dienone is 3. The number of aliphatic hydroxyl groups excluding tert-OH is 3. The number of ether oxygens (including phenoxy) is 1. The lowest BCUT2D eigenvalue weighted by molar-refractivity contribution is -0.196. The zero-order chi connectivity index (χ0) is 51.1. The van der Waals surface area contributed by atoms with Crippen molar-refractivity contribution >= 4 is 23.5 Å². The van der Waals surface area contributed by atoms with Gasteiger partial charge in [-0.3, -0.25) is 19.4 Å². The molecule has 1 aromatic heterocycles. The highest BCUT2D eigenvalue weighted by atomic mass is 16.5. The molecule has 0 aromatic carbocycles. The zero-order valence-corrected chi connectivity index (χ0v) is 43.2. The molecule has 0 amide bonds. The Morgan fingerprint density at radius 2 is 1.75 bits per heavy atom. The Bertz CT molecular complexity index is 2390. The van der Waals surface area contributed by atoms with E-state index in [1.807, 2.05) is 18.5 Å². The molecule has 11 N–H and O–H groups in total. The number of ketones is 2. The van der Waals surface area contributed by atoms with Gasteiger partial charge in [-0.2, -0.15) is 0 Å². The van der Waals surface area contributed by atoms with Gasteiger partial charge in [0.1, 0.15) is 5.78 Å². The highest BCUT2D eigenvalue weighted by Crippen LogP contribution is 2.74. The molecule has 14 heteroatoms. The van der Waals surface area contributed by atoms with Crippen LogP contribution >= 0.6 is 0 Å². The third-order valence-corrected chi connectivity index (χ3v) is 21.4. The van der Waals surface area contributed by atoms with E-state index in [9.17, 15) is 35.1 Å². The fraction of sp³-hybridized carbons (Fsp3) is 0.759. The molecule has 1 aliphatic heterocycles. The first-order chi connectivity index (χ1) is 34.3. The van der Waals surface area contributed by atoms with Crippen LogP contribution in [0.4, 0.5) is 0 Å². The molecule has 5 saturated carbocycles. The fourth-order valence-corrected chi connectivity index (χ4v) is 18.4. The van der Waals surface area contributed by atoms with E-state index in [0.717, 1.165) is 63.4 Å². The number of aromatic amines is 1. The molecular formula is C58H83N5O9. The van der Waals surface area contributed by atoms with Crippen molar-refractivity contribution in [2.75, 3.05) is 19.7 Å². The number of H-pyrrole nitrogens is 1. The van der Waals surface area contributed by atoms with Gasteiger partial charge in [-0.05, 0) is 174 Å². The Morgan fingerprint density at radius 3 is 2.47 bits per heavy atom. The number of carbonyl (C=O) groups is 3. The smallest absolute Gasteiger partial charge is 0.313 e. The van der Waals surface area contributed by atoms with Crippen molar-refractivity contribution in [1.82, 2.24) is 10.3 Å². The van der Waals surface area contributed by atoms with Crippen molar-refractivity contribution in [2.24, 2.45) is 98.3 Å². The molecule has 6 fully saturated rings. The number of fused-ring (bicyclic) bond motifs is 10. The van der Waals surface area contributed by atoms with E-state index in [-0.39, 0.29) is 117 Å².